The van der Waals surface area contributed by atoms with Gasteiger partial charge in [0.05, 0.1) is 5.56 Å². The van der Waals surface area contributed by atoms with Gasteiger partial charge >= 0.3 is 6.18 Å². The molecule has 0 aliphatic carbocycles. The molecule has 3 aromatic heterocycles. The van der Waals surface area contributed by atoms with Crippen LogP contribution in [0.2, 0.25) is 0 Å². The van der Waals surface area contributed by atoms with Gasteiger partial charge in [0.1, 0.15) is 16.4 Å². The molecule has 11 heteroatoms. The molecule has 2 N–H and O–H groups in total. The lowest BCUT2D eigenvalue weighted by Gasteiger charge is -2.13. The zero-order valence-electron chi connectivity index (χ0n) is 13.7. The predicted molar refractivity (Wildman–Crippen MR) is 100.0 cm³/mol. The number of hydrogen-bond acceptors (Lipinski definition) is 8. The van der Waals surface area contributed by atoms with Crippen LogP contribution in [0.15, 0.2) is 34.2 Å². The molecule has 0 unspecified atom stereocenters. The summed E-state index contributed by atoms with van der Waals surface area (Å²) in [5.41, 5.74) is 0.796. The van der Waals surface area contributed by atoms with Gasteiger partial charge in [0, 0.05) is 41.8 Å². The second-order valence-electron chi connectivity index (χ2n) is 5.67. The molecule has 3 aromatic rings. The van der Waals surface area contributed by atoms with Crippen molar-refractivity contribution >= 4 is 33.8 Å². The number of anilines is 1. The summed E-state index contributed by atoms with van der Waals surface area (Å²) in [7, 11) is 0. The number of thiazole rings is 2. The summed E-state index contributed by atoms with van der Waals surface area (Å²) >= 11 is 2.66. The molecule has 0 aromatic carbocycles. The molecule has 140 valence electrons. The minimum absolute atomic E-state index is 0.329. The Kier molecular flexibility index (Phi) is 4.79. The van der Waals surface area contributed by atoms with E-state index in [4.69, 9.17) is 0 Å². The summed E-state index contributed by atoms with van der Waals surface area (Å²) in [5, 5.41) is 11.0. The third-order valence-corrected chi connectivity index (χ3v) is 5.35. The summed E-state index contributed by atoms with van der Waals surface area (Å²) in [6.45, 7) is 1.64. The number of rotatable bonds is 3. The average molecular weight is 410 g/mol. The van der Waals surface area contributed by atoms with Crippen LogP contribution in [-0.4, -0.2) is 34.0 Å². The molecule has 0 fully saturated rings. The zero-order valence-corrected chi connectivity index (χ0v) is 15.4. The molecule has 1 aliphatic rings. The predicted octanol–water partition coefficient (Wildman–Crippen LogP) is 4.11. The molecule has 0 bridgehead atoms. The van der Waals surface area contributed by atoms with Crippen LogP contribution in [0.5, 0.6) is 0 Å². The summed E-state index contributed by atoms with van der Waals surface area (Å²) < 4.78 is 38.6. The van der Waals surface area contributed by atoms with Gasteiger partial charge in [-0.05, 0) is 12.5 Å². The normalized spacial score (nSPS) is 14.6. The van der Waals surface area contributed by atoms with E-state index in [0.717, 1.165) is 31.8 Å². The highest BCUT2D eigenvalue weighted by atomic mass is 32.1. The fourth-order valence-electron chi connectivity index (χ4n) is 2.40. The lowest BCUT2D eigenvalue weighted by molar-refractivity contribution is -0.137. The zero-order chi connectivity index (χ0) is 18.9. The number of alkyl halides is 3. The number of nitrogens with one attached hydrogen (secondary N) is 2. The van der Waals surface area contributed by atoms with Crippen molar-refractivity contribution in [3.63, 3.8) is 0 Å². The van der Waals surface area contributed by atoms with E-state index in [1.165, 1.54) is 28.9 Å². The van der Waals surface area contributed by atoms with Gasteiger partial charge in [-0.3, -0.25) is 9.98 Å². The Morgan fingerprint density at radius 1 is 1.07 bits per heavy atom. The second kappa shape index (κ2) is 7.24. The summed E-state index contributed by atoms with van der Waals surface area (Å²) in [5.74, 6) is 0.691. The van der Waals surface area contributed by atoms with Gasteiger partial charge in [-0.15, -0.1) is 22.7 Å². The van der Waals surface area contributed by atoms with Crippen molar-refractivity contribution in [2.45, 2.75) is 12.6 Å². The molecule has 4 heterocycles. The largest absolute Gasteiger partial charge is 0.417 e. The van der Waals surface area contributed by atoms with E-state index in [1.807, 2.05) is 5.38 Å². The van der Waals surface area contributed by atoms with Crippen LogP contribution in [0.3, 0.4) is 0 Å². The first-order chi connectivity index (χ1) is 13.0. The van der Waals surface area contributed by atoms with Crippen molar-refractivity contribution in [1.29, 1.82) is 0 Å². The van der Waals surface area contributed by atoms with E-state index in [-0.39, 0.29) is 0 Å². The van der Waals surface area contributed by atoms with Crippen molar-refractivity contribution in [2.75, 3.05) is 18.4 Å². The van der Waals surface area contributed by atoms with Crippen LogP contribution >= 0.6 is 22.7 Å². The fraction of sp³-hybridized carbons (Fsp3) is 0.250. The molecular weight excluding hydrogens is 397 g/mol. The average Bonchev–Trinajstić information content (AvgIpc) is 3.31. The molecule has 0 radical (unpaired) electrons. The molecule has 0 amide bonds. The standard InChI is InChI=1S/C16H13F3N6S2/c17-16(18,19)10-4-9(5-20-6-10)13-23-11(7-26-13)12-8-27-15(24-12)25-14-21-2-1-3-22-14/h4-8H,1-3H2,(H2,21,22,24,25). The Morgan fingerprint density at radius 2 is 1.89 bits per heavy atom. The van der Waals surface area contributed by atoms with Gasteiger partial charge in [0.2, 0.25) is 0 Å². The summed E-state index contributed by atoms with van der Waals surface area (Å²) in [4.78, 5) is 16.9. The van der Waals surface area contributed by atoms with Crippen molar-refractivity contribution in [1.82, 2.24) is 20.3 Å². The molecule has 0 saturated carbocycles. The summed E-state index contributed by atoms with van der Waals surface area (Å²) in [6, 6.07) is 1.05. The highest BCUT2D eigenvalue weighted by Crippen LogP contribution is 2.34. The monoisotopic (exact) mass is 410 g/mol. The van der Waals surface area contributed by atoms with Crippen molar-refractivity contribution < 1.29 is 13.2 Å². The van der Waals surface area contributed by atoms with Gasteiger partial charge < -0.3 is 10.6 Å². The molecule has 0 atom stereocenters. The van der Waals surface area contributed by atoms with Gasteiger partial charge in [0.15, 0.2) is 11.1 Å². The third kappa shape index (κ3) is 4.08. The Morgan fingerprint density at radius 3 is 2.67 bits per heavy atom. The Hall–Kier alpha value is -2.53. The van der Waals surface area contributed by atoms with E-state index >= 15 is 0 Å². The summed E-state index contributed by atoms with van der Waals surface area (Å²) in [6.07, 6.45) is -1.26. The third-order valence-electron chi connectivity index (χ3n) is 3.71. The van der Waals surface area contributed by atoms with Crippen LogP contribution in [0.25, 0.3) is 22.0 Å². The lowest BCUT2D eigenvalue weighted by atomic mass is 10.2. The highest BCUT2D eigenvalue weighted by Gasteiger charge is 2.31. The second-order valence-corrected chi connectivity index (χ2v) is 7.39. The fourth-order valence-corrected chi connectivity index (χ4v) is 3.90. The first-order valence-electron chi connectivity index (χ1n) is 7.98. The molecule has 6 nitrogen and oxygen atoms in total. The first-order valence-corrected chi connectivity index (χ1v) is 9.74. The molecule has 0 saturated heterocycles. The molecule has 1 aliphatic heterocycles. The maximum Gasteiger partial charge on any atom is 0.417 e. The van der Waals surface area contributed by atoms with Crippen LogP contribution in [0, 0.1) is 0 Å². The topological polar surface area (TPSA) is 75.1 Å². The Labute approximate surface area is 160 Å². The molecule has 27 heavy (non-hydrogen) atoms. The van der Waals surface area contributed by atoms with E-state index < -0.39 is 11.7 Å². The van der Waals surface area contributed by atoms with Crippen LogP contribution in [-0.2, 0) is 6.18 Å². The van der Waals surface area contributed by atoms with Crippen LogP contribution < -0.4 is 10.6 Å². The number of aromatic nitrogens is 3. The van der Waals surface area contributed by atoms with E-state index in [0.29, 0.717) is 33.1 Å². The van der Waals surface area contributed by atoms with Gasteiger partial charge in [0.25, 0.3) is 0 Å². The Balaban J connectivity index is 1.54. The molecular formula is C16H13F3N6S2. The number of hydrogen-bond donors (Lipinski definition) is 2. The van der Waals surface area contributed by atoms with Crippen molar-refractivity contribution in [2.24, 2.45) is 4.99 Å². The van der Waals surface area contributed by atoms with E-state index in [1.54, 1.807) is 5.38 Å². The number of pyridine rings is 1. The smallest absolute Gasteiger partial charge is 0.356 e. The van der Waals surface area contributed by atoms with Crippen molar-refractivity contribution in [3.05, 3.63) is 34.8 Å². The van der Waals surface area contributed by atoms with Crippen molar-refractivity contribution in [3.8, 4) is 22.0 Å². The SMILES string of the molecule is FC(F)(F)c1cncc(-c2nc(-c3csc(NC4=NCCCN4)n3)cs2)c1. The van der Waals surface area contributed by atoms with Gasteiger partial charge in [-0.25, -0.2) is 9.97 Å². The number of aliphatic imine (C=N–C) groups is 1. The minimum Gasteiger partial charge on any atom is -0.356 e. The maximum absolute atomic E-state index is 12.9. The molecule has 0 spiro atoms. The quantitative estimate of drug-likeness (QED) is 0.680. The first kappa shape index (κ1) is 17.9. The number of halogens is 3. The maximum atomic E-state index is 12.9. The minimum atomic E-state index is -4.44. The van der Waals surface area contributed by atoms with E-state index in [9.17, 15) is 13.2 Å². The van der Waals surface area contributed by atoms with E-state index in [2.05, 4.69) is 30.6 Å². The molecule has 4 rings (SSSR count). The lowest BCUT2D eigenvalue weighted by Crippen LogP contribution is -2.35. The van der Waals surface area contributed by atoms with Gasteiger partial charge in [-0.2, -0.15) is 13.2 Å². The van der Waals surface area contributed by atoms with Crippen LogP contribution in [0.4, 0.5) is 18.3 Å². The van der Waals surface area contributed by atoms with Gasteiger partial charge in [-0.1, -0.05) is 0 Å². The number of nitrogens with zero attached hydrogens (tertiary/aromatic N) is 4. The number of guanidine groups is 1. The van der Waals surface area contributed by atoms with Crippen LogP contribution in [0.1, 0.15) is 12.0 Å². The Bertz CT molecular complexity index is 978. The highest BCUT2D eigenvalue weighted by molar-refractivity contribution is 7.14.